The number of likely N-dealkylation sites (N-methyl/N-ethyl adjacent to an activating group) is 1. The standard InChI is InChI=1S/C13H21N5O2/c1-3-17-8-9(14)11(16-17)13(20)18-7-5-4-6-10(18)12(19)15-2/h8,10H,3-7,14H2,1-2H3,(H,15,19). The molecule has 7 heteroatoms. The number of piperidine rings is 1. The Kier molecular flexibility index (Phi) is 4.26. The van der Waals surface area contributed by atoms with Gasteiger partial charge in [0.1, 0.15) is 6.04 Å². The van der Waals surface area contributed by atoms with Crippen molar-refractivity contribution in [1.82, 2.24) is 20.0 Å². The molecule has 0 radical (unpaired) electrons. The molecule has 1 aliphatic heterocycles. The molecule has 3 N–H and O–H groups in total. The number of rotatable bonds is 3. The molecule has 1 saturated heterocycles. The summed E-state index contributed by atoms with van der Waals surface area (Å²) in [6, 6.07) is -0.424. The van der Waals surface area contributed by atoms with E-state index in [-0.39, 0.29) is 17.5 Å². The van der Waals surface area contributed by atoms with Gasteiger partial charge in [0.25, 0.3) is 5.91 Å². The van der Waals surface area contributed by atoms with Gasteiger partial charge in [-0.15, -0.1) is 0 Å². The molecule has 0 bridgehead atoms. The second kappa shape index (κ2) is 5.94. The Hall–Kier alpha value is -2.05. The Balaban J connectivity index is 2.25. The van der Waals surface area contributed by atoms with Gasteiger partial charge < -0.3 is 16.0 Å². The Labute approximate surface area is 118 Å². The zero-order chi connectivity index (χ0) is 14.7. The number of likely N-dealkylation sites (tertiary alicyclic amines) is 1. The first-order chi connectivity index (χ1) is 9.58. The van der Waals surface area contributed by atoms with Gasteiger partial charge >= 0.3 is 0 Å². The van der Waals surface area contributed by atoms with Gasteiger partial charge in [-0.25, -0.2) is 0 Å². The lowest BCUT2D eigenvalue weighted by Gasteiger charge is -2.34. The van der Waals surface area contributed by atoms with Crippen molar-refractivity contribution in [2.75, 3.05) is 19.3 Å². The Morgan fingerprint density at radius 2 is 2.25 bits per heavy atom. The zero-order valence-electron chi connectivity index (χ0n) is 11.9. The molecule has 1 fully saturated rings. The third-order valence-corrected chi connectivity index (χ3v) is 3.63. The minimum atomic E-state index is -0.424. The number of nitrogens with one attached hydrogen (secondary N) is 1. The average Bonchev–Trinajstić information content (AvgIpc) is 2.86. The smallest absolute Gasteiger partial charge is 0.277 e. The van der Waals surface area contributed by atoms with Crippen LogP contribution in [0.1, 0.15) is 36.7 Å². The van der Waals surface area contributed by atoms with E-state index in [1.54, 1.807) is 22.8 Å². The second-order valence-corrected chi connectivity index (χ2v) is 4.91. The molecule has 1 aromatic rings. The second-order valence-electron chi connectivity index (χ2n) is 4.91. The molecule has 2 rings (SSSR count). The summed E-state index contributed by atoms with van der Waals surface area (Å²) in [4.78, 5) is 26.1. The average molecular weight is 279 g/mol. The maximum absolute atomic E-state index is 12.6. The summed E-state index contributed by atoms with van der Waals surface area (Å²) in [7, 11) is 1.58. The van der Waals surface area contributed by atoms with Crippen molar-refractivity contribution < 1.29 is 9.59 Å². The number of nitrogens with two attached hydrogens (primary N) is 1. The van der Waals surface area contributed by atoms with Crippen molar-refractivity contribution in [2.24, 2.45) is 0 Å². The summed E-state index contributed by atoms with van der Waals surface area (Å²) < 4.78 is 1.63. The summed E-state index contributed by atoms with van der Waals surface area (Å²) in [5.74, 6) is -0.394. The molecule has 0 saturated carbocycles. The predicted octanol–water partition coefficient (Wildman–Crippen LogP) is 0.226. The number of aryl methyl sites for hydroxylation is 1. The largest absolute Gasteiger partial charge is 0.396 e. The van der Waals surface area contributed by atoms with Gasteiger partial charge in [-0.05, 0) is 26.2 Å². The van der Waals surface area contributed by atoms with Crippen LogP contribution in [-0.4, -0.2) is 46.1 Å². The Morgan fingerprint density at radius 1 is 1.50 bits per heavy atom. The van der Waals surface area contributed by atoms with Crippen LogP contribution in [0.2, 0.25) is 0 Å². The van der Waals surface area contributed by atoms with E-state index in [1.807, 2.05) is 6.92 Å². The molecular weight excluding hydrogens is 258 g/mol. The number of carbonyl (C=O) groups is 2. The molecule has 1 unspecified atom stereocenters. The summed E-state index contributed by atoms with van der Waals surface area (Å²) in [5, 5.41) is 6.80. The highest BCUT2D eigenvalue weighted by Gasteiger charge is 2.33. The molecule has 0 spiro atoms. The van der Waals surface area contributed by atoms with Crippen LogP contribution in [0.25, 0.3) is 0 Å². The highest BCUT2D eigenvalue weighted by atomic mass is 16.2. The Bertz CT molecular complexity index is 511. The summed E-state index contributed by atoms with van der Waals surface area (Å²) in [6.07, 6.45) is 4.17. The highest BCUT2D eigenvalue weighted by Crippen LogP contribution is 2.21. The number of amides is 2. The van der Waals surface area contributed by atoms with Crippen molar-refractivity contribution in [3.05, 3.63) is 11.9 Å². The summed E-state index contributed by atoms with van der Waals surface area (Å²) in [6.45, 7) is 3.14. The van der Waals surface area contributed by atoms with E-state index in [0.717, 1.165) is 12.8 Å². The number of carbonyl (C=O) groups excluding carboxylic acids is 2. The van der Waals surface area contributed by atoms with Crippen LogP contribution >= 0.6 is 0 Å². The highest BCUT2D eigenvalue weighted by molar-refractivity contribution is 5.99. The molecule has 1 aliphatic rings. The van der Waals surface area contributed by atoms with Crippen LogP contribution in [0.3, 0.4) is 0 Å². The van der Waals surface area contributed by atoms with Crippen molar-refractivity contribution in [1.29, 1.82) is 0 Å². The number of aromatic nitrogens is 2. The number of hydrogen-bond acceptors (Lipinski definition) is 4. The maximum atomic E-state index is 12.6. The zero-order valence-corrected chi connectivity index (χ0v) is 11.9. The van der Waals surface area contributed by atoms with Crippen molar-refractivity contribution in [2.45, 2.75) is 38.8 Å². The van der Waals surface area contributed by atoms with Crippen molar-refractivity contribution in [3.63, 3.8) is 0 Å². The minimum Gasteiger partial charge on any atom is -0.396 e. The van der Waals surface area contributed by atoms with Crippen LogP contribution in [-0.2, 0) is 11.3 Å². The predicted molar refractivity (Wildman–Crippen MR) is 75.1 cm³/mol. The van der Waals surface area contributed by atoms with Gasteiger partial charge in [0.15, 0.2) is 5.69 Å². The SMILES string of the molecule is CCn1cc(N)c(C(=O)N2CCCCC2C(=O)NC)n1. The van der Waals surface area contributed by atoms with Gasteiger partial charge in [0.2, 0.25) is 5.91 Å². The lowest BCUT2D eigenvalue weighted by molar-refractivity contribution is -0.126. The first kappa shape index (κ1) is 14.4. The van der Waals surface area contributed by atoms with E-state index in [1.165, 1.54) is 0 Å². The Morgan fingerprint density at radius 3 is 2.85 bits per heavy atom. The van der Waals surface area contributed by atoms with Gasteiger partial charge in [-0.3, -0.25) is 14.3 Å². The van der Waals surface area contributed by atoms with Crippen LogP contribution in [0.5, 0.6) is 0 Å². The fraction of sp³-hybridized carbons (Fsp3) is 0.615. The first-order valence-corrected chi connectivity index (χ1v) is 6.94. The third-order valence-electron chi connectivity index (χ3n) is 3.63. The van der Waals surface area contributed by atoms with E-state index in [4.69, 9.17) is 5.73 Å². The number of nitrogens with zero attached hydrogens (tertiary/aromatic N) is 3. The summed E-state index contributed by atoms with van der Waals surface area (Å²) in [5.41, 5.74) is 6.45. The molecule has 110 valence electrons. The van der Waals surface area contributed by atoms with Crippen LogP contribution in [0.15, 0.2) is 6.20 Å². The lowest BCUT2D eigenvalue weighted by atomic mass is 10.0. The van der Waals surface area contributed by atoms with Crippen molar-refractivity contribution in [3.8, 4) is 0 Å². The van der Waals surface area contributed by atoms with E-state index < -0.39 is 6.04 Å². The van der Waals surface area contributed by atoms with E-state index in [0.29, 0.717) is 25.2 Å². The molecule has 2 heterocycles. The fourth-order valence-corrected chi connectivity index (χ4v) is 2.51. The first-order valence-electron chi connectivity index (χ1n) is 6.94. The van der Waals surface area contributed by atoms with Crippen molar-refractivity contribution >= 4 is 17.5 Å². The van der Waals surface area contributed by atoms with Gasteiger partial charge in [0.05, 0.1) is 5.69 Å². The topological polar surface area (TPSA) is 93.2 Å². The quantitative estimate of drug-likeness (QED) is 0.828. The normalized spacial score (nSPS) is 18.9. The molecule has 1 atom stereocenters. The summed E-state index contributed by atoms with van der Waals surface area (Å²) >= 11 is 0. The number of nitrogen functional groups attached to an aromatic ring is 1. The van der Waals surface area contributed by atoms with E-state index in [9.17, 15) is 9.59 Å². The number of anilines is 1. The lowest BCUT2D eigenvalue weighted by Crippen LogP contribution is -2.51. The van der Waals surface area contributed by atoms with Crippen LogP contribution in [0.4, 0.5) is 5.69 Å². The molecule has 20 heavy (non-hydrogen) atoms. The molecule has 7 nitrogen and oxygen atoms in total. The van der Waals surface area contributed by atoms with Gasteiger partial charge in [0, 0.05) is 26.3 Å². The molecular formula is C13H21N5O2. The fourth-order valence-electron chi connectivity index (χ4n) is 2.51. The monoisotopic (exact) mass is 279 g/mol. The number of hydrogen-bond donors (Lipinski definition) is 2. The molecule has 2 amide bonds. The van der Waals surface area contributed by atoms with Crippen LogP contribution in [0, 0.1) is 0 Å². The van der Waals surface area contributed by atoms with E-state index >= 15 is 0 Å². The molecule has 0 aliphatic carbocycles. The van der Waals surface area contributed by atoms with Gasteiger partial charge in [-0.1, -0.05) is 0 Å². The van der Waals surface area contributed by atoms with Crippen LogP contribution < -0.4 is 11.1 Å². The van der Waals surface area contributed by atoms with E-state index in [2.05, 4.69) is 10.4 Å². The maximum Gasteiger partial charge on any atom is 0.277 e. The molecule has 1 aromatic heterocycles. The van der Waals surface area contributed by atoms with Gasteiger partial charge in [-0.2, -0.15) is 5.10 Å². The molecule has 0 aromatic carbocycles. The minimum absolute atomic E-state index is 0.133. The third kappa shape index (κ3) is 2.61.